The highest BCUT2D eigenvalue weighted by Crippen LogP contribution is 2.25. The summed E-state index contributed by atoms with van der Waals surface area (Å²) in [5.74, 6) is 0. The second-order valence-corrected chi connectivity index (χ2v) is 4.82. The highest BCUT2D eigenvalue weighted by atomic mass is 15.1. The van der Waals surface area contributed by atoms with Gasteiger partial charge in [0.15, 0.2) is 0 Å². The third-order valence-electron chi connectivity index (χ3n) is 3.53. The minimum absolute atomic E-state index is 0.949. The fourth-order valence-electron chi connectivity index (χ4n) is 2.24. The van der Waals surface area contributed by atoms with E-state index in [4.69, 9.17) is 0 Å². The molecule has 3 N–H and O–H groups in total. The van der Waals surface area contributed by atoms with Crippen LogP contribution in [-0.2, 0) is 0 Å². The molecule has 0 fully saturated rings. The van der Waals surface area contributed by atoms with E-state index in [1.807, 2.05) is 26.2 Å². The van der Waals surface area contributed by atoms with Gasteiger partial charge in [-0.25, -0.2) is 0 Å². The molecular formula is C17H18N4. The highest BCUT2D eigenvalue weighted by molar-refractivity contribution is 5.70. The summed E-state index contributed by atoms with van der Waals surface area (Å²) in [5.41, 5.74) is 6.39. The van der Waals surface area contributed by atoms with Crippen molar-refractivity contribution in [1.82, 2.24) is 10.2 Å². The molecule has 2 aromatic carbocycles. The summed E-state index contributed by atoms with van der Waals surface area (Å²) in [6.45, 7) is 0. The van der Waals surface area contributed by atoms with Gasteiger partial charge in [0.1, 0.15) is 0 Å². The van der Waals surface area contributed by atoms with Crippen molar-refractivity contribution in [3.8, 4) is 22.5 Å². The number of nitrogens with zero attached hydrogens (tertiary/aromatic N) is 1. The van der Waals surface area contributed by atoms with Crippen molar-refractivity contribution < 1.29 is 0 Å². The van der Waals surface area contributed by atoms with E-state index >= 15 is 0 Å². The van der Waals surface area contributed by atoms with Crippen LogP contribution < -0.4 is 10.6 Å². The lowest BCUT2D eigenvalue weighted by Crippen LogP contribution is -1.86. The van der Waals surface area contributed by atoms with Crippen LogP contribution in [0.3, 0.4) is 0 Å². The summed E-state index contributed by atoms with van der Waals surface area (Å²) >= 11 is 0. The Balaban J connectivity index is 1.87. The van der Waals surface area contributed by atoms with Crippen molar-refractivity contribution >= 4 is 11.4 Å². The quantitative estimate of drug-likeness (QED) is 0.680. The Morgan fingerprint density at radius 3 is 1.81 bits per heavy atom. The molecule has 4 heteroatoms. The Morgan fingerprint density at radius 1 is 0.762 bits per heavy atom. The molecule has 1 aromatic heterocycles. The van der Waals surface area contributed by atoms with Gasteiger partial charge < -0.3 is 10.6 Å². The van der Waals surface area contributed by atoms with E-state index in [-0.39, 0.29) is 0 Å². The Kier molecular flexibility index (Phi) is 3.60. The molecule has 1 heterocycles. The molecule has 0 saturated heterocycles. The summed E-state index contributed by atoms with van der Waals surface area (Å²) in [5, 5.41) is 13.7. The second kappa shape index (κ2) is 5.71. The minimum Gasteiger partial charge on any atom is -0.388 e. The average molecular weight is 278 g/mol. The lowest BCUT2D eigenvalue weighted by atomic mass is 10.1. The van der Waals surface area contributed by atoms with Gasteiger partial charge in [-0.2, -0.15) is 5.10 Å². The van der Waals surface area contributed by atoms with Crippen LogP contribution in [-0.4, -0.2) is 24.3 Å². The summed E-state index contributed by atoms with van der Waals surface area (Å²) in [4.78, 5) is 0. The Hall–Kier alpha value is -2.75. The molecule has 0 aliphatic heterocycles. The first-order chi connectivity index (χ1) is 10.3. The van der Waals surface area contributed by atoms with Crippen LogP contribution in [0, 0.1) is 0 Å². The van der Waals surface area contributed by atoms with Crippen molar-refractivity contribution in [2.24, 2.45) is 0 Å². The molecule has 0 aliphatic carbocycles. The van der Waals surface area contributed by atoms with Crippen LogP contribution in [0.5, 0.6) is 0 Å². The molecule has 4 nitrogen and oxygen atoms in total. The van der Waals surface area contributed by atoms with E-state index < -0.39 is 0 Å². The zero-order chi connectivity index (χ0) is 14.7. The summed E-state index contributed by atoms with van der Waals surface area (Å²) in [6.07, 6.45) is 0. The van der Waals surface area contributed by atoms with Crippen molar-refractivity contribution in [3.63, 3.8) is 0 Å². The number of benzene rings is 2. The zero-order valence-electron chi connectivity index (χ0n) is 12.1. The fourth-order valence-corrected chi connectivity index (χ4v) is 2.24. The number of rotatable bonds is 4. The van der Waals surface area contributed by atoms with Gasteiger partial charge in [0.05, 0.1) is 11.4 Å². The third kappa shape index (κ3) is 2.74. The maximum absolute atomic E-state index is 4.40. The molecule has 3 aromatic rings. The largest absolute Gasteiger partial charge is 0.388 e. The van der Waals surface area contributed by atoms with Crippen molar-refractivity contribution in [2.45, 2.75) is 0 Å². The minimum atomic E-state index is 0.949. The predicted molar refractivity (Wildman–Crippen MR) is 88.6 cm³/mol. The van der Waals surface area contributed by atoms with Gasteiger partial charge in [-0.15, -0.1) is 0 Å². The van der Waals surface area contributed by atoms with Crippen LogP contribution in [0.1, 0.15) is 0 Å². The SMILES string of the molecule is CNc1ccc(-c2cc(-c3ccc(NC)cc3)[nH]n2)cc1. The van der Waals surface area contributed by atoms with E-state index in [1.165, 1.54) is 0 Å². The lowest BCUT2D eigenvalue weighted by molar-refractivity contribution is 1.10. The van der Waals surface area contributed by atoms with Gasteiger partial charge in [0, 0.05) is 31.0 Å². The van der Waals surface area contributed by atoms with E-state index in [9.17, 15) is 0 Å². The predicted octanol–water partition coefficient (Wildman–Crippen LogP) is 3.83. The Morgan fingerprint density at radius 2 is 1.29 bits per heavy atom. The molecule has 0 spiro atoms. The third-order valence-corrected chi connectivity index (χ3v) is 3.53. The molecule has 0 bridgehead atoms. The topological polar surface area (TPSA) is 52.7 Å². The molecule has 21 heavy (non-hydrogen) atoms. The average Bonchev–Trinajstić information content (AvgIpc) is 3.05. The van der Waals surface area contributed by atoms with Crippen LogP contribution in [0.25, 0.3) is 22.5 Å². The number of aromatic amines is 1. The molecule has 0 amide bonds. The standard InChI is InChI=1S/C17H18N4/c1-18-14-7-3-12(4-8-14)16-11-17(21-20-16)13-5-9-15(19-2)10-6-13/h3-11,18-19H,1-2H3,(H,20,21). The van der Waals surface area contributed by atoms with E-state index in [2.05, 4.69) is 63.3 Å². The number of aromatic nitrogens is 2. The van der Waals surface area contributed by atoms with Crippen LogP contribution in [0.15, 0.2) is 54.6 Å². The maximum atomic E-state index is 4.40. The molecule has 106 valence electrons. The van der Waals surface area contributed by atoms with Gasteiger partial charge in [-0.3, -0.25) is 5.10 Å². The molecule has 0 saturated carbocycles. The number of H-pyrrole nitrogens is 1. The van der Waals surface area contributed by atoms with Crippen molar-refractivity contribution in [1.29, 1.82) is 0 Å². The Bertz CT molecular complexity index is 649. The van der Waals surface area contributed by atoms with Gasteiger partial charge >= 0.3 is 0 Å². The van der Waals surface area contributed by atoms with Crippen molar-refractivity contribution in [2.75, 3.05) is 24.7 Å². The van der Waals surface area contributed by atoms with Gasteiger partial charge in [-0.1, -0.05) is 24.3 Å². The van der Waals surface area contributed by atoms with Gasteiger partial charge in [-0.05, 0) is 35.9 Å². The summed E-state index contributed by atoms with van der Waals surface area (Å²) < 4.78 is 0. The first kappa shape index (κ1) is 13.2. The molecule has 3 rings (SSSR count). The zero-order valence-corrected chi connectivity index (χ0v) is 12.1. The van der Waals surface area contributed by atoms with Crippen LogP contribution >= 0.6 is 0 Å². The molecule has 0 radical (unpaired) electrons. The van der Waals surface area contributed by atoms with Crippen LogP contribution in [0.4, 0.5) is 11.4 Å². The molecule has 0 unspecified atom stereocenters. The van der Waals surface area contributed by atoms with Gasteiger partial charge in [0.25, 0.3) is 0 Å². The number of anilines is 2. The molecular weight excluding hydrogens is 260 g/mol. The fraction of sp³-hybridized carbons (Fsp3) is 0.118. The lowest BCUT2D eigenvalue weighted by Gasteiger charge is -2.01. The smallest absolute Gasteiger partial charge is 0.0927 e. The number of nitrogens with one attached hydrogen (secondary N) is 3. The van der Waals surface area contributed by atoms with E-state index in [0.29, 0.717) is 0 Å². The monoisotopic (exact) mass is 278 g/mol. The summed E-state index contributed by atoms with van der Waals surface area (Å²) in [6, 6.07) is 18.6. The van der Waals surface area contributed by atoms with E-state index in [1.54, 1.807) is 0 Å². The number of hydrogen-bond acceptors (Lipinski definition) is 3. The summed E-state index contributed by atoms with van der Waals surface area (Å²) in [7, 11) is 3.83. The normalized spacial score (nSPS) is 10.4. The number of hydrogen-bond donors (Lipinski definition) is 3. The van der Waals surface area contributed by atoms with Crippen molar-refractivity contribution in [3.05, 3.63) is 54.6 Å². The van der Waals surface area contributed by atoms with E-state index in [0.717, 1.165) is 33.9 Å². The Labute approximate surface area is 124 Å². The maximum Gasteiger partial charge on any atom is 0.0927 e. The molecule has 0 aliphatic rings. The molecule has 0 atom stereocenters. The first-order valence-corrected chi connectivity index (χ1v) is 6.92. The van der Waals surface area contributed by atoms with Crippen LogP contribution in [0.2, 0.25) is 0 Å². The first-order valence-electron chi connectivity index (χ1n) is 6.92. The second-order valence-electron chi connectivity index (χ2n) is 4.82. The van der Waals surface area contributed by atoms with Gasteiger partial charge in [0.2, 0.25) is 0 Å². The highest BCUT2D eigenvalue weighted by Gasteiger charge is 2.06.